The standard InChI is InChI=1S/C25H17N3O2S/c29-23(16-5-2-1-3-6-16)18-10-13-20-21(15-18)28-24(27-20)17-8-11-19(12-9-17)26-25(30)22-7-4-14-31-22/h1-15H,(H,26,30)(H,27,28). The number of ketones is 1. The number of nitrogens with zero attached hydrogens (tertiary/aromatic N) is 1. The summed E-state index contributed by atoms with van der Waals surface area (Å²) in [4.78, 5) is 33.5. The quantitative estimate of drug-likeness (QED) is 0.352. The molecule has 5 aromatic rings. The Hall–Kier alpha value is -4.03. The molecular weight excluding hydrogens is 406 g/mol. The van der Waals surface area contributed by atoms with E-state index in [9.17, 15) is 9.59 Å². The van der Waals surface area contributed by atoms with Gasteiger partial charge in [-0.25, -0.2) is 4.98 Å². The van der Waals surface area contributed by atoms with Gasteiger partial charge in [-0.2, -0.15) is 0 Å². The number of hydrogen-bond acceptors (Lipinski definition) is 4. The van der Waals surface area contributed by atoms with Crippen LogP contribution in [0.1, 0.15) is 25.6 Å². The van der Waals surface area contributed by atoms with E-state index in [-0.39, 0.29) is 11.7 Å². The van der Waals surface area contributed by atoms with Crippen LogP contribution in [0.25, 0.3) is 22.4 Å². The predicted octanol–water partition coefficient (Wildman–Crippen LogP) is 5.77. The van der Waals surface area contributed by atoms with Crippen LogP contribution in [0, 0.1) is 0 Å². The van der Waals surface area contributed by atoms with Crippen LogP contribution in [0.2, 0.25) is 0 Å². The zero-order chi connectivity index (χ0) is 21.2. The molecule has 0 radical (unpaired) electrons. The number of aromatic nitrogens is 2. The first-order valence-corrected chi connectivity index (χ1v) is 10.6. The van der Waals surface area contributed by atoms with Crippen LogP contribution in [0.3, 0.4) is 0 Å². The van der Waals surface area contributed by atoms with Gasteiger partial charge in [0, 0.05) is 22.4 Å². The number of rotatable bonds is 5. The molecule has 150 valence electrons. The zero-order valence-corrected chi connectivity index (χ0v) is 17.1. The van der Waals surface area contributed by atoms with Crippen molar-refractivity contribution in [2.24, 2.45) is 0 Å². The molecule has 0 bridgehead atoms. The van der Waals surface area contributed by atoms with E-state index in [1.54, 1.807) is 12.1 Å². The summed E-state index contributed by atoms with van der Waals surface area (Å²) < 4.78 is 0. The summed E-state index contributed by atoms with van der Waals surface area (Å²) >= 11 is 1.40. The Kier molecular flexibility index (Phi) is 4.90. The van der Waals surface area contributed by atoms with E-state index in [2.05, 4.69) is 15.3 Å². The molecule has 5 nitrogen and oxygen atoms in total. The molecule has 0 fully saturated rings. The van der Waals surface area contributed by atoms with Crippen molar-refractivity contribution in [2.45, 2.75) is 0 Å². The number of amides is 1. The SMILES string of the molecule is O=C(c1ccccc1)c1ccc2nc(-c3ccc(NC(=O)c4cccs4)cc3)[nH]c2c1. The monoisotopic (exact) mass is 423 g/mol. The summed E-state index contributed by atoms with van der Waals surface area (Å²) in [5.41, 5.74) is 4.46. The molecule has 0 saturated carbocycles. The lowest BCUT2D eigenvalue weighted by Gasteiger charge is -2.04. The minimum absolute atomic E-state index is 0.0236. The van der Waals surface area contributed by atoms with Gasteiger partial charge in [-0.1, -0.05) is 36.4 Å². The summed E-state index contributed by atoms with van der Waals surface area (Å²) in [5.74, 6) is 0.557. The smallest absolute Gasteiger partial charge is 0.265 e. The van der Waals surface area contributed by atoms with E-state index >= 15 is 0 Å². The van der Waals surface area contributed by atoms with Gasteiger partial charge < -0.3 is 10.3 Å². The topological polar surface area (TPSA) is 74.8 Å². The maximum Gasteiger partial charge on any atom is 0.265 e. The normalized spacial score (nSPS) is 10.8. The maximum atomic E-state index is 12.7. The molecule has 6 heteroatoms. The number of thiophene rings is 1. The Morgan fingerprint density at radius 2 is 1.65 bits per heavy atom. The molecule has 1 amide bonds. The largest absolute Gasteiger partial charge is 0.338 e. The first-order chi connectivity index (χ1) is 15.2. The third-order valence-electron chi connectivity index (χ3n) is 4.94. The molecular formula is C25H17N3O2S. The fraction of sp³-hybridized carbons (Fsp3) is 0. The van der Waals surface area contributed by atoms with Crippen LogP contribution in [-0.4, -0.2) is 21.7 Å². The molecule has 0 unspecified atom stereocenters. The van der Waals surface area contributed by atoms with Gasteiger partial charge in [-0.15, -0.1) is 11.3 Å². The lowest BCUT2D eigenvalue weighted by atomic mass is 10.0. The highest BCUT2D eigenvalue weighted by molar-refractivity contribution is 7.12. The number of carbonyl (C=O) groups is 2. The molecule has 0 spiro atoms. The van der Waals surface area contributed by atoms with E-state index in [0.717, 1.165) is 16.6 Å². The zero-order valence-electron chi connectivity index (χ0n) is 16.3. The van der Waals surface area contributed by atoms with Crippen molar-refractivity contribution in [1.82, 2.24) is 9.97 Å². The van der Waals surface area contributed by atoms with E-state index in [1.165, 1.54) is 11.3 Å². The lowest BCUT2D eigenvalue weighted by molar-refractivity contribution is 0.102. The Morgan fingerprint density at radius 3 is 2.39 bits per heavy atom. The molecule has 0 saturated heterocycles. The van der Waals surface area contributed by atoms with Gasteiger partial charge in [0.1, 0.15) is 5.82 Å². The molecule has 0 aliphatic heterocycles. The molecule has 0 aliphatic carbocycles. The van der Waals surface area contributed by atoms with Crippen LogP contribution >= 0.6 is 11.3 Å². The average Bonchev–Trinajstić information content (AvgIpc) is 3.49. The number of aromatic amines is 1. The van der Waals surface area contributed by atoms with Gasteiger partial charge in [0.05, 0.1) is 15.9 Å². The maximum absolute atomic E-state index is 12.7. The number of carbonyl (C=O) groups excluding carboxylic acids is 2. The van der Waals surface area contributed by atoms with Gasteiger partial charge in [-0.05, 0) is 53.9 Å². The van der Waals surface area contributed by atoms with E-state index in [0.29, 0.717) is 27.5 Å². The number of imidazole rings is 1. The molecule has 2 heterocycles. The number of nitrogens with one attached hydrogen (secondary N) is 2. The Balaban J connectivity index is 1.38. The van der Waals surface area contributed by atoms with Gasteiger partial charge in [0.15, 0.2) is 5.78 Å². The highest BCUT2D eigenvalue weighted by Crippen LogP contribution is 2.24. The minimum atomic E-state index is -0.123. The van der Waals surface area contributed by atoms with Crippen molar-refractivity contribution in [3.8, 4) is 11.4 Å². The summed E-state index contributed by atoms with van der Waals surface area (Å²) in [6, 6.07) is 25.8. The lowest BCUT2D eigenvalue weighted by Crippen LogP contribution is -2.09. The van der Waals surface area contributed by atoms with Gasteiger partial charge in [0.25, 0.3) is 5.91 Å². The molecule has 0 atom stereocenters. The third-order valence-corrected chi connectivity index (χ3v) is 5.81. The van der Waals surface area contributed by atoms with Crippen molar-refractivity contribution in [3.63, 3.8) is 0 Å². The van der Waals surface area contributed by atoms with E-state index in [1.807, 2.05) is 78.2 Å². The fourth-order valence-electron chi connectivity index (χ4n) is 3.36. The molecule has 2 N–H and O–H groups in total. The van der Waals surface area contributed by atoms with Crippen LogP contribution in [0.15, 0.2) is 90.3 Å². The van der Waals surface area contributed by atoms with Gasteiger partial charge in [-0.3, -0.25) is 9.59 Å². The highest BCUT2D eigenvalue weighted by atomic mass is 32.1. The molecule has 31 heavy (non-hydrogen) atoms. The molecule has 2 aromatic heterocycles. The van der Waals surface area contributed by atoms with Crippen molar-refractivity contribution in [3.05, 3.63) is 106 Å². The third kappa shape index (κ3) is 3.89. The van der Waals surface area contributed by atoms with Gasteiger partial charge in [0.2, 0.25) is 0 Å². The Morgan fingerprint density at radius 1 is 0.839 bits per heavy atom. The number of benzene rings is 3. The predicted molar refractivity (Wildman–Crippen MR) is 124 cm³/mol. The first-order valence-electron chi connectivity index (χ1n) is 9.72. The van der Waals surface area contributed by atoms with Crippen LogP contribution < -0.4 is 5.32 Å². The second-order valence-electron chi connectivity index (χ2n) is 7.02. The number of anilines is 1. The number of H-pyrrole nitrogens is 1. The number of fused-ring (bicyclic) bond motifs is 1. The fourth-order valence-corrected chi connectivity index (χ4v) is 3.97. The van der Waals surface area contributed by atoms with E-state index in [4.69, 9.17) is 0 Å². The van der Waals surface area contributed by atoms with Crippen molar-refractivity contribution < 1.29 is 9.59 Å². The Labute approximate surface area is 182 Å². The second kappa shape index (κ2) is 8.01. The summed E-state index contributed by atoms with van der Waals surface area (Å²) in [6.45, 7) is 0. The second-order valence-corrected chi connectivity index (χ2v) is 7.97. The van der Waals surface area contributed by atoms with Crippen molar-refractivity contribution >= 4 is 39.7 Å². The highest BCUT2D eigenvalue weighted by Gasteiger charge is 2.12. The molecule has 3 aromatic carbocycles. The first kappa shape index (κ1) is 19.0. The van der Waals surface area contributed by atoms with Crippen LogP contribution in [-0.2, 0) is 0 Å². The molecule has 5 rings (SSSR count). The van der Waals surface area contributed by atoms with E-state index < -0.39 is 0 Å². The van der Waals surface area contributed by atoms with Crippen molar-refractivity contribution in [2.75, 3.05) is 5.32 Å². The summed E-state index contributed by atoms with van der Waals surface area (Å²) in [7, 11) is 0. The van der Waals surface area contributed by atoms with Crippen LogP contribution in [0.5, 0.6) is 0 Å². The number of hydrogen-bond donors (Lipinski definition) is 2. The molecule has 0 aliphatic rings. The van der Waals surface area contributed by atoms with Crippen LogP contribution in [0.4, 0.5) is 5.69 Å². The summed E-state index contributed by atoms with van der Waals surface area (Å²) in [6.07, 6.45) is 0. The van der Waals surface area contributed by atoms with Crippen molar-refractivity contribution in [1.29, 1.82) is 0 Å². The summed E-state index contributed by atoms with van der Waals surface area (Å²) in [5, 5.41) is 4.76. The van der Waals surface area contributed by atoms with Gasteiger partial charge >= 0.3 is 0 Å². The minimum Gasteiger partial charge on any atom is -0.338 e. The Bertz CT molecular complexity index is 1370. The average molecular weight is 423 g/mol.